The van der Waals surface area contributed by atoms with Crippen molar-refractivity contribution in [2.24, 2.45) is 12.0 Å². The number of halogens is 1. The number of para-hydroxylation sites is 3. The minimum atomic E-state index is -0.361. The quantitative estimate of drug-likeness (QED) is 0.465. The van der Waals surface area contributed by atoms with Gasteiger partial charge in [-0.25, -0.2) is 0 Å². The molecule has 0 bridgehead atoms. The van der Waals surface area contributed by atoms with Gasteiger partial charge in [-0.3, -0.25) is 4.79 Å². The van der Waals surface area contributed by atoms with E-state index in [9.17, 15) is 4.79 Å². The highest BCUT2D eigenvalue weighted by Gasteiger charge is 2.14. The minimum Gasteiger partial charge on any atom is -0.457 e. The van der Waals surface area contributed by atoms with Crippen LogP contribution in [0.5, 0.6) is 11.5 Å². The third-order valence-electron chi connectivity index (χ3n) is 4.06. The van der Waals surface area contributed by atoms with Crippen LogP contribution in [0.4, 0.5) is 0 Å². The normalized spacial score (nSPS) is 11.7. The maximum Gasteiger partial charge on any atom is 0.283 e. The number of hydrogen-bond acceptors (Lipinski definition) is 3. The van der Waals surface area contributed by atoms with Crippen LogP contribution in [0.1, 0.15) is 10.4 Å². The molecule has 4 aromatic rings. The van der Waals surface area contributed by atoms with Gasteiger partial charge in [-0.1, -0.05) is 59.3 Å². The molecule has 1 amide bonds. The van der Waals surface area contributed by atoms with Crippen molar-refractivity contribution in [2.45, 2.75) is 0 Å². The topological polar surface area (TPSA) is 43.6 Å². The summed E-state index contributed by atoms with van der Waals surface area (Å²) in [4.78, 5) is 17.7. The van der Waals surface area contributed by atoms with Crippen LogP contribution in [-0.2, 0) is 7.05 Å². The maximum absolute atomic E-state index is 12.9. The predicted octanol–water partition coefficient (Wildman–Crippen LogP) is 5.43. The first-order valence-electron chi connectivity index (χ1n) is 8.28. The lowest BCUT2D eigenvalue weighted by molar-refractivity contribution is 0.0995. The molecule has 27 heavy (non-hydrogen) atoms. The molecule has 0 aliphatic carbocycles. The van der Waals surface area contributed by atoms with E-state index in [1.165, 1.54) is 11.3 Å². The second-order valence-electron chi connectivity index (χ2n) is 5.86. The first-order chi connectivity index (χ1) is 13.1. The van der Waals surface area contributed by atoms with Gasteiger partial charge in [0.15, 0.2) is 4.80 Å². The largest absolute Gasteiger partial charge is 0.457 e. The van der Waals surface area contributed by atoms with Gasteiger partial charge < -0.3 is 9.30 Å². The van der Waals surface area contributed by atoms with Crippen molar-refractivity contribution in [2.75, 3.05) is 0 Å². The molecule has 0 fully saturated rings. The first-order valence-corrected chi connectivity index (χ1v) is 9.48. The number of fused-ring (bicyclic) bond motifs is 1. The van der Waals surface area contributed by atoms with Crippen LogP contribution in [0.25, 0.3) is 10.2 Å². The highest BCUT2D eigenvalue weighted by molar-refractivity contribution is 7.16. The molecule has 0 aliphatic heterocycles. The number of hydrogen-bond donors (Lipinski definition) is 0. The minimum absolute atomic E-state index is 0.361. The Morgan fingerprint density at radius 1 is 1.00 bits per heavy atom. The van der Waals surface area contributed by atoms with E-state index in [1.54, 1.807) is 18.2 Å². The number of carbonyl (C=O) groups is 1. The van der Waals surface area contributed by atoms with Gasteiger partial charge in [0.05, 0.1) is 20.8 Å². The maximum atomic E-state index is 12.9. The molecule has 0 saturated carbocycles. The summed E-state index contributed by atoms with van der Waals surface area (Å²) in [6.45, 7) is 0. The average Bonchev–Trinajstić information content (AvgIpc) is 3.00. The zero-order chi connectivity index (χ0) is 18.8. The molecule has 0 N–H and O–H groups in total. The Hall–Kier alpha value is -2.89. The first kappa shape index (κ1) is 17.5. The fraction of sp³-hybridized carbons (Fsp3) is 0.0476. The molecule has 4 rings (SSSR count). The molecule has 6 heteroatoms. The van der Waals surface area contributed by atoms with Crippen LogP contribution in [0.3, 0.4) is 0 Å². The highest BCUT2D eigenvalue weighted by atomic mass is 35.5. The van der Waals surface area contributed by atoms with E-state index in [0.29, 0.717) is 26.9 Å². The van der Waals surface area contributed by atoms with Crippen molar-refractivity contribution >= 4 is 39.1 Å². The number of amides is 1. The number of rotatable bonds is 3. The fourth-order valence-electron chi connectivity index (χ4n) is 2.76. The highest BCUT2D eigenvalue weighted by Crippen LogP contribution is 2.27. The van der Waals surface area contributed by atoms with Crippen molar-refractivity contribution in [1.29, 1.82) is 0 Å². The average molecular weight is 395 g/mol. The third-order valence-corrected chi connectivity index (χ3v) is 5.46. The molecule has 1 aromatic heterocycles. The molecule has 134 valence electrons. The zero-order valence-corrected chi connectivity index (χ0v) is 16.0. The molecule has 0 spiro atoms. The summed E-state index contributed by atoms with van der Waals surface area (Å²) in [5, 5.41) is 0.632. The van der Waals surface area contributed by atoms with E-state index in [0.717, 1.165) is 10.2 Å². The van der Waals surface area contributed by atoms with Crippen molar-refractivity contribution in [1.82, 2.24) is 4.57 Å². The van der Waals surface area contributed by atoms with Crippen LogP contribution in [0, 0.1) is 0 Å². The lowest BCUT2D eigenvalue weighted by Gasteiger charge is -2.08. The van der Waals surface area contributed by atoms with Crippen LogP contribution in [-0.4, -0.2) is 10.5 Å². The Balaban J connectivity index is 1.75. The lowest BCUT2D eigenvalue weighted by atomic mass is 10.2. The van der Waals surface area contributed by atoms with Crippen molar-refractivity contribution in [3.05, 3.63) is 88.2 Å². The second-order valence-corrected chi connectivity index (χ2v) is 7.27. The van der Waals surface area contributed by atoms with Gasteiger partial charge in [0.25, 0.3) is 5.91 Å². The summed E-state index contributed by atoms with van der Waals surface area (Å²) in [6.07, 6.45) is 0. The zero-order valence-electron chi connectivity index (χ0n) is 14.4. The summed E-state index contributed by atoms with van der Waals surface area (Å²) in [6, 6.07) is 22.1. The van der Waals surface area contributed by atoms with Crippen molar-refractivity contribution in [3.8, 4) is 11.5 Å². The molecule has 1 heterocycles. The fourth-order valence-corrected chi connectivity index (χ4v) is 4.16. The van der Waals surface area contributed by atoms with E-state index < -0.39 is 0 Å². The number of aryl methyl sites for hydroxylation is 1. The molecule has 3 aromatic carbocycles. The third kappa shape index (κ3) is 3.52. The van der Waals surface area contributed by atoms with Gasteiger partial charge in [0.1, 0.15) is 11.5 Å². The van der Waals surface area contributed by atoms with Gasteiger partial charge in [-0.2, -0.15) is 4.99 Å². The Bertz CT molecular complexity index is 1200. The van der Waals surface area contributed by atoms with Crippen LogP contribution < -0.4 is 9.54 Å². The van der Waals surface area contributed by atoms with E-state index in [1.807, 2.05) is 66.2 Å². The molecule has 0 radical (unpaired) electrons. The number of nitrogens with zero attached hydrogens (tertiary/aromatic N) is 2. The Morgan fingerprint density at radius 3 is 2.52 bits per heavy atom. The van der Waals surface area contributed by atoms with E-state index >= 15 is 0 Å². The number of aromatic nitrogens is 1. The Morgan fingerprint density at radius 2 is 1.74 bits per heavy atom. The second kappa shape index (κ2) is 7.39. The summed E-state index contributed by atoms with van der Waals surface area (Å²) < 4.78 is 8.68. The van der Waals surface area contributed by atoms with Gasteiger partial charge in [-0.05, 0) is 36.4 Å². The molecular formula is C21H15ClN2O2S. The SMILES string of the molecule is Cn1c(=NC(=O)c2ccccc2Oc2ccccc2)sc2cccc(Cl)c21. The molecule has 4 nitrogen and oxygen atoms in total. The number of carbonyl (C=O) groups excluding carboxylic acids is 1. The van der Waals surface area contributed by atoms with Crippen LogP contribution in [0.15, 0.2) is 77.8 Å². The standard InChI is InChI=1S/C21H15ClN2O2S/c1-24-19-16(22)11-7-13-18(19)27-21(24)23-20(25)15-10-5-6-12-17(15)26-14-8-3-2-4-9-14/h2-13H,1H3. The molecule has 0 unspecified atom stereocenters. The van der Waals surface area contributed by atoms with Crippen molar-refractivity contribution in [3.63, 3.8) is 0 Å². The number of thiazole rings is 1. The Labute approximate surface area is 165 Å². The van der Waals surface area contributed by atoms with Gasteiger partial charge in [0, 0.05) is 7.05 Å². The van der Waals surface area contributed by atoms with Crippen LogP contribution >= 0.6 is 22.9 Å². The lowest BCUT2D eigenvalue weighted by Crippen LogP contribution is -2.13. The van der Waals surface area contributed by atoms with Crippen molar-refractivity contribution < 1.29 is 9.53 Å². The predicted molar refractivity (Wildman–Crippen MR) is 109 cm³/mol. The van der Waals surface area contributed by atoms with Gasteiger partial charge in [-0.15, -0.1) is 0 Å². The summed E-state index contributed by atoms with van der Waals surface area (Å²) in [5.41, 5.74) is 1.27. The molecule has 0 atom stereocenters. The Kier molecular flexibility index (Phi) is 4.79. The van der Waals surface area contributed by atoms with Gasteiger partial charge >= 0.3 is 0 Å². The summed E-state index contributed by atoms with van der Waals surface area (Å²) in [5.74, 6) is 0.774. The smallest absolute Gasteiger partial charge is 0.283 e. The monoisotopic (exact) mass is 394 g/mol. The summed E-state index contributed by atoms with van der Waals surface area (Å²) >= 11 is 7.71. The number of benzene rings is 3. The van der Waals surface area contributed by atoms with E-state index in [2.05, 4.69) is 4.99 Å². The van der Waals surface area contributed by atoms with E-state index in [-0.39, 0.29) is 5.91 Å². The van der Waals surface area contributed by atoms with E-state index in [4.69, 9.17) is 16.3 Å². The number of ether oxygens (including phenoxy) is 1. The summed E-state index contributed by atoms with van der Waals surface area (Å²) in [7, 11) is 1.85. The molecule has 0 aliphatic rings. The molecular weight excluding hydrogens is 380 g/mol. The van der Waals surface area contributed by atoms with Crippen LogP contribution in [0.2, 0.25) is 5.02 Å². The van der Waals surface area contributed by atoms with Gasteiger partial charge in [0.2, 0.25) is 0 Å². The molecule has 0 saturated heterocycles.